The van der Waals surface area contributed by atoms with E-state index in [1.54, 1.807) is 12.1 Å². The lowest BCUT2D eigenvalue weighted by molar-refractivity contribution is 0.621. The fourth-order valence-corrected chi connectivity index (χ4v) is 2.65. The molecule has 1 heterocycles. The van der Waals surface area contributed by atoms with Gasteiger partial charge in [0.1, 0.15) is 23.3 Å². The lowest BCUT2D eigenvalue weighted by Gasteiger charge is -2.15. The first-order valence-electron chi connectivity index (χ1n) is 6.64. The Morgan fingerprint density at radius 3 is 2.71 bits per heavy atom. The first kappa shape index (κ1) is 15.5. The Bertz CT molecular complexity index is 735. The van der Waals surface area contributed by atoms with E-state index in [0.29, 0.717) is 21.2 Å². The summed E-state index contributed by atoms with van der Waals surface area (Å²) in [6.45, 7) is 3.91. The Morgan fingerprint density at radius 1 is 1.43 bits per heavy atom. The molecule has 0 aliphatic rings. The molecule has 1 aromatic heterocycles. The summed E-state index contributed by atoms with van der Waals surface area (Å²) in [7, 11) is 0. The predicted molar refractivity (Wildman–Crippen MR) is 85.2 cm³/mol. The summed E-state index contributed by atoms with van der Waals surface area (Å²) < 4.78 is 14.2. The molecule has 0 unspecified atom stereocenters. The van der Waals surface area contributed by atoms with E-state index in [9.17, 15) is 9.65 Å². The van der Waals surface area contributed by atoms with E-state index in [2.05, 4.69) is 27.0 Å². The highest BCUT2D eigenvalue weighted by Crippen LogP contribution is 2.34. The highest BCUT2D eigenvalue weighted by Gasteiger charge is 2.18. The minimum atomic E-state index is -0.369. The van der Waals surface area contributed by atoms with Crippen molar-refractivity contribution in [2.45, 2.75) is 26.7 Å². The first-order valence-corrected chi connectivity index (χ1v) is 7.43. The second kappa shape index (κ2) is 6.23. The van der Waals surface area contributed by atoms with Crippen LogP contribution in [0.4, 0.5) is 10.2 Å². The van der Waals surface area contributed by atoms with Crippen molar-refractivity contribution in [3.63, 3.8) is 0 Å². The van der Waals surface area contributed by atoms with E-state index in [0.717, 1.165) is 24.1 Å². The highest BCUT2D eigenvalue weighted by molar-refractivity contribution is 9.10. The smallest absolute Gasteiger partial charge is 0.142 e. The zero-order valence-electron chi connectivity index (χ0n) is 11.9. The summed E-state index contributed by atoms with van der Waals surface area (Å²) in [5, 5.41) is 9.40. The second-order valence-corrected chi connectivity index (χ2v) is 5.66. The quantitative estimate of drug-likeness (QED) is 0.896. The molecule has 0 saturated heterocycles. The van der Waals surface area contributed by atoms with Crippen molar-refractivity contribution in [1.82, 2.24) is 4.98 Å². The van der Waals surface area contributed by atoms with Crippen molar-refractivity contribution >= 4 is 21.7 Å². The fourth-order valence-electron chi connectivity index (χ4n) is 2.40. The van der Waals surface area contributed by atoms with Crippen LogP contribution >= 0.6 is 15.9 Å². The van der Waals surface area contributed by atoms with E-state index >= 15 is 0 Å². The third kappa shape index (κ3) is 2.91. The van der Waals surface area contributed by atoms with Crippen LogP contribution < -0.4 is 5.73 Å². The standard InChI is InChI=1S/C16H15BrFN3/c1-3-4-11-9(2)21-16(20)12(8-19)15(11)10-5-6-13(17)14(18)7-10/h5-7H,3-4H2,1-2H3,(H2,20,21). The molecule has 108 valence electrons. The third-order valence-electron chi connectivity index (χ3n) is 3.35. The molecule has 0 fully saturated rings. The van der Waals surface area contributed by atoms with Crippen LogP contribution in [0.1, 0.15) is 30.2 Å². The van der Waals surface area contributed by atoms with Gasteiger partial charge >= 0.3 is 0 Å². The lowest BCUT2D eigenvalue weighted by atomic mass is 9.92. The summed E-state index contributed by atoms with van der Waals surface area (Å²) >= 11 is 3.14. The molecule has 1 aromatic carbocycles. The number of pyridine rings is 1. The molecule has 0 aliphatic heterocycles. The van der Waals surface area contributed by atoms with E-state index in [4.69, 9.17) is 5.73 Å². The Kier molecular flexibility index (Phi) is 4.59. The molecule has 0 saturated carbocycles. The van der Waals surface area contributed by atoms with Gasteiger partial charge in [-0.3, -0.25) is 0 Å². The number of halogens is 2. The summed E-state index contributed by atoms with van der Waals surface area (Å²) in [4.78, 5) is 4.24. The number of anilines is 1. The van der Waals surface area contributed by atoms with Crippen LogP contribution in [-0.4, -0.2) is 4.98 Å². The number of benzene rings is 1. The van der Waals surface area contributed by atoms with Crippen LogP contribution in [0.15, 0.2) is 22.7 Å². The molecule has 0 bridgehead atoms. The number of nitrogens with two attached hydrogens (primary N) is 1. The summed E-state index contributed by atoms with van der Waals surface area (Å²) in [6.07, 6.45) is 1.67. The number of nitriles is 1. The summed E-state index contributed by atoms with van der Waals surface area (Å²) in [6, 6.07) is 6.93. The van der Waals surface area contributed by atoms with Crippen LogP contribution in [-0.2, 0) is 6.42 Å². The highest BCUT2D eigenvalue weighted by atomic mass is 79.9. The predicted octanol–water partition coefficient (Wildman–Crippen LogP) is 4.37. The average Bonchev–Trinajstić information content (AvgIpc) is 2.44. The van der Waals surface area contributed by atoms with Crippen molar-refractivity contribution in [2.75, 3.05) is 5.73 Å². The maximum atomic E-state index is 13.8. The van der Waals surface area contributed by atoms with Gasteiger partial charge in [0.25, 0.3) is 0 Å². The SMILES string of the molecule is CCCc1c(C)nc(N)c(C#N)c1-c1ccc(Br)c(F)c1. The van der Waals surface area contributed by atoms with Crippen LogP contribution in [0.25, 0.3) is 11.1 Å². The monoisotopic (exact) mass is 347 g/mol. The Labute approximate surface area is 131 Å². The van der Waals surface area contributed by atoms with Gasteiger partial charge in [-0.05, 0) is 52.5 Å². The number of nitrogen functional groups attached to an aromatic ring is 1. The van der Waals surface area contributed by atoms with Gasteiger partial charge in [-0.15, -0.1) is 0 Å². The van der Waals surface area contributed by atoms with E-state index in [1.165, 1.54) is 6.07 Å². The van der Waals surface area contributed by atoms with E-state index < -0.39 is 0 Å². The average molecular weight is 348 g/mol. The van der Waals surface area contributed by atoms with Gasteiger partial charge in [0.2, 0.25) is 0 Å². The van der Waals surface area contributed by atoms with Crippen molar-refractivity contribution in [2.24, 2.45) is 0 Å². The number of hydrogen-bond donors (Lipinski definition) is 1. The van der Waals surface area contributed by atoms with Crippen molar-refractivity contribution < 1.29 is 4.39 Å². The maximum absolute atomic E-state index is 13.8. The number of rotatable bonds is 3. The molecule has 0 atom stereocenters. The fraction of sp³-hybridized carbons (Fsp3) is 0.250. The van der Waals surface area contributed by atoms with E-state index in [-0.39, 0.29) is 11.6 Å². The molecule has 5 heteroatoms. The molecule has 2 rings (SSSR count). The molecule has 21 heavy (non-hydrogen) atoms. The Balaban J connectivity index is 2.81. The van der Waals surface area contributed by atoms with Gasteiger partial charge in [0.15, 0.2) is 0 Å². The lowest BCUT2D eigenvalue weighted by Crippen LogP contribution is -2.05. The number of nitrogens with zero attached hydrogens (tertiary/aromatic N) is 2. The molecule has 3 nitrogen and oxygen atoms in total. The van der Waals surface area contributed by atoms with Crippen LogP contribution in [0, 0.1) is 24.1 Å². The maximum Gasteiger partial charge on any atom is 0.142 e. The van der Waals surface area contributed by atoms with Gasteiger partial charge in [-0.1, -0.05) is 19.4 Å². The van der Waals surface area contributed by atoms with Crippen LogP contribution in [0.2, 0.25) is 0 Å². The Morgan fingerprint density at radius 2 is 2.14 bits per heavy atom. The first-order chi connectivity index (χ1) is 9.99. The van der Waals surface area contributed by atoms with Gasteiger partial charge in [-0.25, -0.2) is 9.37 Å². The van der Waals surface area contributed by atoms with Gasteiger partial charge in [-0.2, -0.15) is 5.26 Å². The van der Waals surface area contributed by atoms with Gasteiger partial charge in [0, 0.05) is 11.3 Å². The molecule has 2 aromatic rings. The topological polar surface area (TPSA) is 62.7 Å². The zero-order valence-corrected chi connectivity index (χ0v) is 13.5. The third-order valence-corrected chi connectivity index (χ3v) is 4.00. The molecular weight excluding hydrogens is 333 g/mol. The van der Waals surface area contributed by atoms with Crippen LogP contribution in [0.5, 0.6) is 0 Å². The van der Waals surface area contributed by atoms with Gasteiger partial charge in [0.05, 0.1) is 4.47 Å². The molecule has 0 radical (unpaired) electrons. The molecule has 0 spiro atoms. The normalized spacial score (nSPS) is 10.4. The van der Waals surface area contributed by atoms with Crippen molar-refractivity contribution in [1.29, 1.82) is 5.26 Å². The van der Waals surface area contributed by atoms with Crippen molar-refractivity contribution in [3.05, 3.63) is 45.3 Å². The van der Waals surface area contributed by atoms with Crippen LogP contribution in [0.3, 0.4) is 0 Å². The number of aryl methyl sites for hydroxylation is 1. The molecular formula is C16H15BrFN3. The minimum absolute atomic E-state index is 0.188. The molecule has 0 amide bonds. The molecule has 2 N–H and O–H groups in total. The largest absolute Gasteiger partial charge is 0.383 e. The Hall–Kier alpha value is -1.93. The molecule has 0 aliphatic carbocycles. The second-order valence-electron chi connectivity index (χ2n) is 4.80. The van der Waals surface area contributed by atoms with Crippen molar-refractivity contribution in [3.8, 4) is 17.2 Å². The summed E-state index contributed by atoms with van der Waals surface area (Å²) in [5.41, 5.74) is 9.25. The van der Waals surface area contributed by atoms with E-state index in [1.807, 2.05) is 13.8 Å². The number of hydrogen-bond acceptors (Lipinski definition) is 3. The minimum Gasteiger partial charge on any atom is -0.383 e. The zero-order chi connectivity index (χ0) is 15.6. The summed E-state index contributed by atoms with van der Waals surface area (Å²) in [5.74, 6) is -0.181. The number of aromatic nitrogens is 1. The van der Waals surface area contributed by atoms with Gasteiger partial charge < -0.3 is 5.73 Å².